The Balaban J connectivity index is 1.77. The first kappa shape index (κ1) is 11.2. The minimum absolute atomic E-state index is 0.375. The highest BCUT2D eigenvalue weighted by Crippen LogP contribution is 2.08. The third kappa shape index (κ3) is 3.11. The second kappa shape index (κ2) is 5.18. The first-order valence-electron chi connectivity index (χ1n) is 5.21. The molecule has 5 nitrogen and oxygen atoms in total. The zero-order chi connectivity index (χ0) is 11.4. The lowest BCUT2D eigenvalue weighted by molar-refractivity contribution is 0.475. The number of aryl methyl sites for hydroxylation is 1. The molecule has 0 aromatic carbocycles. The summed E-state index contributed by atoms with van der Waals surface area (Å²) in [6.45, 7) is 5.85. The van der Waals surface area contributed by atoms with Gasteiger partial charge in [-0.3, -0.25) is 0 Å². The summed E-state index contributed by atoms with van der Waals surface area (Å²) >= 11 is 1.69. The molecule has 2 aromatic rings. The van der Waals surface area contributed by atoms with E-state index in [1.807, 2.05) is 11.5 Å². The molecule has 0 aliphatic heterocycles. The molecular weight excluding hydrogens is 222 g/mol. The zero-order valence-corrected chi connectivity index (χ0v) is 10.2. The van der Waals surface area contributed by atoms with E-state index < -0.39 is 0 Å². The Bertz CT molecular complexity index is 422. The van der Waals surface area contributed by atoms with Gasteiger partial charge in [0, 0.05) is 30.2 Å². The summed E-state index contributed by atoms with van der Waals surface area (Å²) < 4.78 is 1.96. The van der Waals surface area contributed by atoms with Gasteiger partial charge in [-0.15, -0.1) is 21.5 Å². The number of thiazole rings is 1. The largest absolute Gasteiger partial charge is 0.319 e. The van der Waals surface area contributed by atoms with Crippen molar-refractivity contribution in [2.45, 2.75) is 33.0 Å². The van der Waals surface area contributed by atoms with Crippen LogP contribution in [-0.4, -0.2) is 25.8 Å². The zero-order valence-electron chi connectivity index (χ0n) is 9.42. The molecule has 1 N–H and O–H groups in total. The molecule has 0 saturated carbocycles. The van der Waals surface area contributed by atoms with Gasteiger partial charge in [-0.2, -0.15) is 0 Å². The fourth-order valence-corrected chi connectivity index (χ4v) is 2.17. The SMILES string of the molecule is Cc1csc(CNC(C)Cn2cnnc2)n1. The van der Waals surface area contributed by atoms with Gasteiger partial charge in [-0.1, -0.05) is 0 Å². The molecule has 1 unspecified atom stereocenters. The second-order valence-electron chi connectivity index (χ2n) is 3.82. The van der Waals surface area contributed by atoms with Crippen LogP contribution in [0.4, 0.5) is 0 Å². The van der Waals surface area contributed by atoms with Crippen molar-refractivity contribution in [2.24, 2.45) is 0 Å². The van der Waals surface area contributed by atoms with Gasteiger partial charge in [0.15, 0.2) is 0 Å². The van der Waals surface area contributed by atoms with Crippen molar-refractivity contribution in [3.63, 3.8) is 0 Å². The quantitative estimate of drug-likeness (QED) is 0.849. The van der Waals surface area contributed by atoms with Crippen LogP contribution in [0.2, 0.25) is 0 Å². The smallest absolute Gasteiger partial charge is 0.119 e. The molecule has 2 rings (SSSR count). The van der Waals surface area contributed by atoms with Crippen LogP contribution in [0.15, 0.2) is 18.0 Å². The van der Waals surface area contributed by atoms with E-state index in [1.54, 1.807) is 24.0 Å². The lowest BCUT2D eigenvalue weighted by atomic mass is 10.3. The molecule has 0 saturated heterocycles. The van der Waals surface area contributed by atoms with E-state index in [2.05, 4.69) is 32.8 Å². The Morgan fingerprint density at radius 1 is 1.44 bits per heavy atom. The van der Waals surface area contributed by atoms with Gasteiger partial charge in [0.25, 0.3) is 0 Å². The molecule has 1 atom stereocenters. The van der Waals surface area contributed by atoms with Gasteiger partial charge >= 0.3 is 0 Å². The van der Waals surface area contributed by atoms with E-state index >= 15 is 0 Å². The molecule has 0 fully saturated rings. The minimum Gasteiger partial charge on any atom is -0.319 e. The summed E-state index contributed by atoms with van der Waals surface area (Å²) in [6.07, 6.45) is 3.46. The van der Waals surface area contributed by atoms with Crippen LogP contribution in [0.25, 0.3) is 0 Å². The van der Waals surface area contributed by atoms with E-state index in [0.717, 1.165) is 23.8 Å². The van der Waals surface area contributed by atoms with Crippen LogP contribution < -0.4 is 5.32 Å². The van der Waals surface area contributed by atoms with Crippen molar-refractivity contribution in [3.05, 3.63) is 28.7 Å². The third-order valence-electron chi connectivity index (χ3n) is 2.22. The second-order valence-corrected chi connectivity index (χ2v) is 4.77. The van der Waals surface area contributed by atoms with Gasteiger partial charge in [0.05, 0.1) is 0 Å². The van der Waals surface area contributed by atoms with E-state index in [0.29, 0.717) is 6.04 Å². The Labute approximate surface area is 98.5 Å². The maximum Gasteiger partial charge on any atom is 0.119 e. The topological polar surface area (TPSA) is 55.6 Å². The number of rotatable bonds is 5. The summed E-state index contributed by atoms with van der Waals surface area (Å²) in [7, 11) is 0. The normalized spacial score (nSPS) is 12.9. The van der Waals surface area contributed by atoms with Gasteiger partial charge in [-0.25, -0.2) is 4.98 Å². The molecule has 6 heteroatoms. The number of nitrogens with one attached hydrogen (secondary N) is 1. The predicted octanol–water partition coefficient (Wildman–Crippen LogP) is 1.22. The summed E-state index contributed by atoms with van der Waals surface area (Å²) in [5, 5.41) is 14.2. The number of hydrogen-bond donors (Lipinski definition) is 1. The fourth-order valence-electron chi connectivity index (χ4n) is 1.44. The molecule has 0 amide bonds. The molecule has 0 aliphatic rings. The molecule has 0 bridgehead atoms. The Morgan fingerprint density at radius 2 is 2.19 bits per heavy atom. The van der Waals surface area contributed by atoms with Crippen LogP contribution in [-0.2, 0) is 13.1 Å². The highest BCUT2D eigenvalue weighted by molar-refractivity contribution is 7.09. The van der Waals surface area contributed by atoms with Crippen molar-refractivity contribution < 1.29 is 0 Å². The van der Waals surface area contributed by atoms with E-state index in [9.17, 15) is 0 Å². The molecule has 2 heterocycles. The highest BCUT2D eigenvalue weighted by Gasteiger charge is 2.04. The first-order valence-corrected chi connectivity index (χ1v) is 6.09. The molecule has 0 radical (unpaired) electrons. The average molecular weight is 237 g/mol. The van der Waals surface area contributed by atoms with Gasteiger partial charge in [-0.05, 0) is 13.8 Å². The summed E-state index contributed by atoms with van der Waals surface area (Å²) in [5.74, 6) is 0. The Kier molecular flexibility index (Phi) is 3.63. The molecule has 16 heavy (non-hydrogen) atoms. The third-order valence-corrected chi connectivity index (χ3v) is 3.19. The first-order chi connectivity index (χ1) is 7.74. The average Bonchev–Trinajstić information content (AvgIpc) is 2.87. The van der Waals surface area contributed by atoms with Crippen molar-refractivity contribution in [2.75, 3.05) is 0 Å². The van der Waals surface area contributed by atoms with Crippen molar-refractivity contribution in [3.8, 4) is 0 Å². The number of hydrogen-bond acceptors (Lipinski definition) is 5. The minimum atomic E-state index is 0.375. The molecular formula is C10H15N5S. The maximum absolute atomic E-state index is 4.40. The van der Waals surface area contributed by atoms with Crippen LogP contribution >= 0.6 is 11.3 Å². The van der Waals surface area contributed by atoms with Crippen LogP contribution in [0.1, 0.15) is 17.6 Å². The van der Waals surface area contributed by atoms with Crippen molar-refractivity contribution in [1.82, 2.24) is 25.1 Å². The van der Waals surface area contributed by atoms with E-state index in [1.165, 1.54) is 0 Å². The number of nitrogens with zero attached hydrogens (tertiary/aromatic N) is 4. The summed E-state index contributed by atoms with van der Waals surface area (Å²) in [6, 6.07) is 0.375. The summed E-state index contributed by atoms with van der Waals surface area (Å²) in [4.78, 5) is 4.40. The maximum atomic E-state index is 4.40. The number of aromatic nitrogens is 4. The molecule has 86 valence electrons. The highest BCUT2D eigenvalue weighted by atomic mass is 32.1. The summed E-state index contributed by atoms with van der Waals surface area (Å²) in [5.41, 5.74) is 1.09. The monoisotopic (exact) mass is 237 g/mol. The van der Waals surface area contributed by atoms with Gasteiger partial charge in [0.2, 0.25) is 0 Å². The fraction of sp³-hybridized carbons (Fsp3) is 0.500. The van der Waals surface area contributed by atoms with Crippen molar-refractivity contribution >= 4 is 11.3 Å². The Hall–Kier alpha value is -1.27. The van der Waals surface area contributed by atoms with Gasteiger partial charge < -0.3 is 9.88 Å². The predicted molar refractivity (Wildman–Crippen MR) is 63.2 cm³/mol. The van der Waals surface area contributed by atoms with Gasteiger partial charge in [0.1, 0.15) is 17.7 Å². The lowest BCUT2D eigenvalue weighted by Gasteiger charge is -2.12. The van der Waals surface area contributed by atoms with E-state index in [4.69, 9.17) is 0 Å². The molecule has 2 aromatic heterocycles. The molecule has 0 spiro atoms. The van der Waals surface area contributed by atoms with Crippen LogP contribution in [0.5, 0.6) is 0 Å². The molecule has 0 aliphatic carbocycles. The lowest BCUT2D eigenvalue weighted by Crippen LogP contribution is -2.29. The standard InChI is InChI=1S/C10H15N5S/c1-8(4-15-6-12-13-7-15)11-3-10-14-9(2)5-16-10/h5-8,11H,3-4H2,1-2H3. The van der Waals surface area contributed by atoms with Crippen LogP contribution in [0, 0.1) is 6.92 Å². The Morgan fingerprint density at radius 3 is 2.81 bits per heavy atom. The van der Waals surface area contributed by atoms with Crippen LogP contribution in [0.3, 0.4) is 0 Å². The van der Waals surface area contributed by atoms with Crippen molar-refractivity contribution in [1.29, 1.82) is 0 Å². The van der Waals surface area contributed by atoms with E-state index in [-0.39, 0.29) is 0 Å².